The van der Waals surface area contributed by atoms with Crippen molar-refractivity contribution in [2.45, 2.75) is 0 Å². The number of hydrogen-bond donors (Lipinski definition) is 0. The molecule has 2 aromatic rings. The molecule has 1 heterocycles. The lowest BCUT2D eigenvalue weighted by Crippen LogP contribution is -2.23. The second-order valence-corrected chi connectivity index (χ2v) is 3.85. The van der Waals surface area contributed by atoms with Crippen molar-refractivity contribution in [3.8, 4) is 0 Å². The molecule has 2 rings (SSSR count). The first-order valence-corrected chi connectivity index (χ1v) is 5.68. The molecule has 18 heavy (non-hydrogen) atoms. The van der Waals surface area contributed by atoms with Gasteiger partial charge in [0.1, 0.15) is 0 Å². The average molecular weight is 238 g/mol. The highest BCUT2D eigenvalue weighted by Crippen LogP contribution is 2.11. The van der Waals surface area contributed by atoms with E-state index < -0.39 is 0 Å². The first-order chi connectivity index (χ1) is 8.77. The van der Waals surface area contributed by atoms with Crippen molar-refractivity contribution in [1.82, 2.24) is 4.98 Å². The van der Waals surface area contributed by atoms with Crippen LogP contribution in [0.2, 0.25) is 0 Å². The van der Waals surface area contributed by atoms with Gasteiger partial charge in [0.15, 0.2) is 0 Å². The molecule has 0 aliphatic carbocycles. The molecular weight excluding hydrogens is 224 g/mol. The summed E-state index contributed by atoms with van der Waals surface area (Å²) < 4.78 is 0. The number of nitrogens with zero attached hydrogens (tertiary/aromatic N) is 2. The molecule has 1 aromatic carbocycles. The minimum atomic E-state index is -0.0648. The number of carbonyl (C=O) groups excluding carboxylic acids is 1. The summed E-state index contributed by atoms with van der Waals surface area (Å²) in [4.78, 5) is 17.5. The maximum Gasteiger partial charge on any atom is 0.250 e. The standard InChI is InChI=1S/C15H14N2O/c1-17(14-7-3-2-4-8-14)15(18)10-9-13-6-5-11-16-12-13/h2-12H,1H3. The third-order valence-corrected chi connectivity index (χ3v) is 2.58. The molecule has 0 atom stereocenters. The number of hydrogen-bond acceptors (Lipinski definition) is 2. The molecule has 3 nitrogen and oxygen atoms in total. The molecule has 0 aliphatic rings. The Balaban J connectivity index is 2.07. The normalized spacial score (nSPS) is 10.5. The van der Waals surface area contributed by atoms with Crippen LogP contribution in [0, 0.1) is 0 Å². The van der Waals surface area contributed by atoms with Crippen molar-refractivity contribution in [3.05, 3.63) is 66.5 Å². The van der Waals surface area contributed by atoms with Crippen molar-refractivity contribution in [2.24, 2.45) is 0 Å². The number of aromatic nitrogens is 1. The fourth-order valence-corrected chi connectivity index (χ4v) is 1.53. The van der Waals surface area contributed by atoms with Gasteiger partial charge in [0, 0.05) is 31.2 Å². The zero-order valence-electron chi connectivity index (χ0n) is 10.2. The van der Waals surface area contributed by atoms with Crippen LogP contribution in [0.4, 0.5) is 5.69 Å². The summed E-state index contributed by atoms with van der Waals surface area (Å²) in [6.07, 6.45) is 6.72. The van der Waals surface area contributed by atoms with E-state index >= 15 is 0 Å². The second kappa shape index (κ2) is 5.77. The van der Waals surface area contributed by atoms with Gasteiger partial charge in [-0.1, -0.05) is 24.3 Å². The van der Waals surface area contributed by atoms with Gasteiger partial charge in [0.25, 0.3) is 5.91 Å². The van der Waals surface area contributed by atoms with E-state index in [4.69, 9.17) is 0 Å². The Morgan fingerprint density at radius 1 is 1.17 bits per heavy atom. The predicted molar refractivity (Wildman–Crippen MR) is 73.1 cm³/mol. The summed E-state index contributed by atoms with van der Waals surface area (Å²) >= 11 is 0. The van der Waals surface area contributed by atoms with Crippen molar-refractivity contribution in [2.75, 3.05) is 11.9 Å². The van der Waals surface area contributed by atoms with E-state index in [0.29, 0.717) is 0 Å². The summed E-state index contributed by atoms with van der Waals surface area (Å²) in [6.45, 7) is 0. The van der Waals surface area contributed by atoms with Gasteiger partial charge < -0.3 is 4.90 Å². The molecule has 0 saturated carbocycles. The first-order valence-electron chi connectivity index (χ1n) is 5.68. The third kappa shape index (κ3) is 3.04. The Morgan fingerprint density at radius 2 is 1.94 bits per heavy atom. The van der Waals surface area contributed by atoms with Gasteiger partial charge in [-0.3, -0.25) is 9.78 Å². The zero-order valence-corrected chi connectivity index (χ0v) is 10.2. The lowest BCUT2D eigenvalue weighted by molar-refractivity contribution is -0.113. The minimum absolute atomic E-state index is 0.0648. The predicted octanol–water partition coefficient (Wildman–Crippen LogP) is 2.76. The Hall–Kier alpha value is -2.42. The average Bonchev–Trinajstić information content (AvgIpc) is 2.46. The highest BCUT2D eigenvalue weighted by atomic mass is 16.2. The van der Waals surface area contributed by atoms with Gasteiger partial charge in [-0.05, 0) is 29.8 Å². The molecule has 0 aliphatic heterocycles. The number of benzene rings is 1. The van der Waals surface area contributed by atoms with Crippen LogP contribution in [-0.2, 0) is 4.79 Å². The van der Waals surface area contributed by atoms with Gasteiger partial charge in [-0.25, -0.2) is 0 Å². The Morgan fingerprint density at radius 3 is 2.61 bits per heavy atom. The van der Waals surface area contributed by atoms with Crippen LogP contribution in [0.1, 0.15) is 5.56 Å². The van der Waals surface area contributed by atoms with Crippen molar-refractivity contribution in [1.29, 1.82) is 0 Å². The minimum Gasteiger partial charge on any atom is -0.312 e. The summed E-state index contributed by atoms with van der Waals surface area (Å²) in [5, 5.41) is 0. The molecule has 0 radical (unpaired) electrons. The lowest BCUT2D eigenvalue weighted by atomic mass is 10.2. The highest BCUT2D eigenvalue weighted by molar-refractivity contribution is 6.03. The van der Waals surface area contributed by atoms with Crippen LogP contribution >= 0.6 is 0 Å². The summed E-state index contributed by atoms with van der Waals surface area (Å²) in [5.41, 5.74) is 1.78. The number of anilines is 1. The molecular formula is C15H14N2O. The fourth-order valence-electron chi connectivity index (χ4n) is 1.53. The number of amides is 1. The number of pyridine rings is 1. The van der Waals surface area contributed by atoms with E-state index in [1.165, 1.54) is 0 Å². The maximum atomic E-state index is 11.9. The van der Waals surface area contributed by atoms with E-state index in [0.717, 1.165) is 11.3 Å². The van der Waals surface area contributed by atoms with E-state index in [2.05, 4.69) is 4.98 Å². The van der Waals surface area contributed by atoms with Crippen LogP contribution in [-0.4, -0.2) is 17.9 Å². The molecule has 0 N–H and O–H groups in total. The van der Waals surface area contributed by atoms with Crippen LogP contribution in [0.15, 0.2) is 60.9 Å². The van der Waals surface area contributed by atoms with E-state index in [1.54, 1.807) is 36.5 Å². The van der Waals surface area contributed by atoms with Gasteiger partial charge in [-0.15, -0.1) is 0 Å². The summed E-state index contributed by atoms with van der Waals surface area (Å²) in [5.74, 6) is -0.0648. The number of para-hydroxylation sites is 1. The molecule has 1 amide bonds. The van der Waals surface area contributed by atoms with Gasteiger partial charge >= 0.3 is 0 Å². The fraction of sp³-hybridized carbons (Fsp3) is 0.0667. The van der Waals surface area contributed by atoms with Crippen molar-refractivity contribution >= 4 is 17.7 Å². The molecule has 0 unspecified atom stereocenters. The summed E-state index contributed by atoms with van der Waals surface area (Å²) in [6, 6.07) is 13.3. The Bertz CT molecular complexity index is 535. The quantitative estimate of drug-likeness (QED) is 0.770. The third-order valence-electron chi connectivity index (χ3n) is 2.58. The van der Waals surface area contributed by atoms with Crippen molar-refractivity contribution < 1.29 is 4.79 Å². The SMILES string of the molecule is CN(C(=O)C=Cc1cccnc1)c1ccccc1. The zero-order chi connectivity index (χ0) is 12.8. The van der Waals surface area contributed by atoms with Gasteiger partial charge in [0.2, 0.25) is 0 Å². The number of carbonyl (C=O) groups is 1. The molecule has 0 bridgehead atoms. The van der Waals surface area contributed by atoms with E-state index in [1.807, 2.05) is 42.5 Å². The first kappa shape index (κ1) is 12.0. The van der Waals surface area contributed by atoms with Crippen LogP contribution in [0.5, 0.6) is 0 Å². The largest absolute Gasteiger partial charge is 0.312 e. The Kier molecular flexibility index (Phi) is 3.86. The topological polar surface area (TPSA) is 33.2 Å². The van der Waals surface area contributed by atoms with Crippen LogP contribution < -0.4 is 4.90 Å². The molecule has 90 valence electrons. The maximum absolute atomic E-state index is 11.9. The number of likely N-dealkylation sites (N-methyl/N-ethyl adjacent to an activating group) is 1. The Labute approximate surface area is 106 Å². The molecule has 0 spiro atoms. The molecule has 3 heteroatoms. The summed E-state index contributed by atoms with van der Waals surface area (Å²) in [7, 11) is 1.76. The molecule has 0 fully saturated rings. The van der Waals surface area contributed by atoms with Gasteiger partial charge in [-0.2, -0.15) is 0 Å². The molecule has 0 saturated heterocycles. The van der Waals surface area contributed by atoms with Crippen LogP contribution in [0.25, 0.3) is 6.08 Å². The van der Waals surface area contributed by atoms with E-state index in [9.17, 15) is 4.79 Å². The number of rotatable bonds is 3. The lowest BCUT2D eigenvalue weighted by Gasteiger charge is -2.14. The van der Waals surface area contributed by atoms with Gasteiger partial charge in [0.05, 0.1) is 0 Å². The van der Waals surface area contributed by atoms with Crippen molar-refractivity contribution in [3.63, 3.8) is 0 Å². The highest BCUT2D eigenvalue weighted by Gasteiger charge is 2.06. The van der Waals surface area contributed by atoms with Crippen LogP contribution in [0.3, 0.4) is 0 Å². The molecule has 1 aromatic heterocycles. The van der Waals surface area contributed by atoms with E-state index in [-0.39, 0.29) is 5.91 Å². The second-order valence-electron chi connectivity index (χ2n) is 3.85. The monoisotopic (exact) mass is 238 g/mol. The smallest absolute Gasteiger partial charge is 0.250 e.